The van der Waals surface area contributed by atoms with E-state index in [9.17, 15) is 4.79 Å². The monoisotopic (exact) mass is 228 g/mol. The molecule has 15 heavy (non-hydrogen) atoms. The van der Waals surface area contributed by atoms with Crippen LogP contribution in [0.2, 0.25) is 24.7 Å². The molecule has 0 atom stereocenters. The van der Waals surface area contributed by atoms with Gasteiger partial charge in [0.1, 0.15) is 0 Å². The zero-order chi connectivity index (χ0) is 11.7. The largest absolute Gasteiger partial charge is 0.463 e. The minimum atomic E-state index is -0.997. The van der Waals surface area contributed by atoms with Gasteiger partial charge < -0.3 is 4.74 Å². The van der Waals surface area contributed by atoms with Crippen molar-refractivity contribution in [3.05, 3.63) is 12.2 Å². The van der Waals surface area contributed by atoms with Gasteiger partial charge in [0.25, 0.3) is 0 Å². The SMILES string of the molecule is CC=CC(=O)OCCC[Si](C)(CC)CC. The van der Waals surface area contributed by atoms with E-state index in [4.69, 9.17) is 4.74 Å². The Kier molecular flexibility index (Phi) is 7.39. The molecule has 0 heterocycles. The second-order valence-corrected chi connectivity index (χ2v) is 9.82. The van der Waals surface area contributed by atoms with E-state index in [1.165, 1.54) is 24.2 Å². The molecule has 88 valence electrons. The van der Waals surface area contributed by atoms with Crippen molar-refractivity contribution in [1.29, 1.82) is 0 Å². The molecule has 0 N–H and O–H groups in total. The molecule has 0 aromatic rings. The molecule has 0 saturated heterocycles. The summed E-state index contributed by atoms with van der Waals surface area (Å²) in [5, 5.41) is 0. The van der Waals surface area contributed by atoms with Gasteiger partial charge in [-0.05, 0) is 13.3 Å². The highest BCUT2D eigenvalue weighted by molar-refractivity contribution is 6.78. The number of rotatable bonds is 7. The van der Waals surface area contributed by atoms with Crippen molar-refractivity contribution in [2.75, 3.05) is 6.61 Å². The van der Waals surface area contributed by atoms with Gasteiger partial charge in [-0.15, -0.1) is 0 Å². The normalized spacial score (nSPS) is 12.0. The van der Waals surface area contributed by atoms with Crippen LogP contribution in [0, 0.1) is 0 Å². The minimum absolute atomic E-state index is 0.214. The quantitative estimate of drug-likeness (QED) is 0.288. The molecule has 0 spiro atoms. The van der Waals surface area contributed by atoms with E-state index in [1.54, 1.807) is 6.08 Å². The first-order valence-corrected chi connectivity index (χ1v) is 8.99. The first-order valence-electron chi connectivity index (χ1n) is 5.87. The Morgan fingerprint density at radius 3 is 2.40 bits per heavy atom. The lowest BCUT2D eigenvalue weighted by atomic mass is 10.5. The summed E-state index contributed by atoms with van der Waals surface area (Å²) in [6.07, 6.45) is 4.20. The van der Waals surface area contributed by atoms with Gasteiger partial charge in [0.15, 0.2) is 0 Å². The second-order valence-electron chi connectivity index (χ2n) is 4.29. The molecule has 0 rings (SSSR count). The van der Waals surface area contributed by atoms with Gasteiger partial charge in [-0.3, -0.25) is 0 Å². The third kappa shape index (κ3) is 6.50. The van der Waals surface area contributed by atoms with Crippen molar-refractivity contribution in [2.24, 2.45) is 0 Å². The van der Waals surface area contributed by atoms with Gasteiger partial charge in [0.2, 0.25) is 0 Å². The zero-order valence-corrected chi connectivity index (χ0v) is 11.5. The minimum Gasteiger partial charge on any atom is -0.463 e. The van der Waals surface area contributed by atoms with E-state index in [0.29, 0.717) is 6.61 Å². The van der Waals surface area contributed by atoms with Crippen LogP contribution in [0.25, 0.3) is 0 Å². The Bertz CT molecular complexity index is 208. The maximum absolute atomic E-state index is 11.0. The van der Waals surface area contributed by atoms with Crippen molar-refractivity contribution in [3.8, 4) is 0 Å². The molecule has 0 unspecified atom stereocenters. The van der Waals surface area contributed by atoms with E-state index in [2.05, 4.69) is 20.4 Å². The van der Waals surface area contributed by atoms with Crippen LogP contribution in [0.3, 0.4) is 0 Å². The molecule has 2 nitrogen and oxygen atoms in total. The van der Waals surface area contributed by atoms with Crippen LogP contribution in [0.1, 0.15) is 27.2 Å². The van der Waals surface area contributed by atoms with Gasteiger partial charge in [-0.25, -0.2) is 4.79 Å². The van der Waals surface area contributed by atoms with Gasteiger partial charge in [0, 0.05) is 6.08 Å². The van der Waals surface area contributed by atoms with E-state index in [0.717, 1.165) is 6.42 Å². The number of hydrogen-bond acceptors (Lipinski definition) is 2. The molecule has 0 radical (unpaired) electrons. The third-order valence-corrected chi connectivity index (χ3v) is 8.15. The Hall–Kier alpha value is -0.573. The average Bonchev–Trinajstić information content (AvgIpc) is 2.24. The maximum Gasteiger partial charge on any atom is 0.330 e. The molecule has 0 fully saturated rings. The van der Waals surface area contributed by atoms with Crippen molar-refractivity contribution < 1.29 is 9.53 Å². The standard InChI is InChI=1S/C12H24O2Si/c1-5-9-12(13)14-10-8-11-15(4,6-2)7-3/h5,9H,6-8,10-11H2,1-4H3. The van der Waals surface area contributed by atoms with Gasteiger partial charge in [-0.2, -0.15) is 0 Å². The highest BCUT2D eigenvalue weighted by Gasteiger charge is 2.21. The summed E-state index contributed by atoms with van der Waals surface area (Å²) in [6, 6.07) is 3.92. The predicted molar refractivity (Wildman–Crippen MR) is 67.8 cm³/mol. The van der Waals surface area contributed by atoms with Gasteiger partial charge in [-0.1, -0.05) is 44.6 Å². The van der Waals surface area contributed by atoms with Crippen LogP contribution in [-0.4, -0.2) is 20.7 Å². The second kappa shape index (κ2) is 7.68. The van der Waals surface area contributed by atoms with Gasteiger partial charge >= 0.3 is 5.97 Å². The van der Waals surface area contributed by atoms with Crippen molar-refractivity contribution in [3.63, 3.8) is 0 Å². The van der Waals surface area contributed by atoms with E-state index in [1.807, 2.05) is 6.92 Å². The Balaban J connectivity index is 3.66. The van der Waals surface area contributed by atoms with Gasteiger partial charge in [0.05, 0.1) is 14.7 Å². The van der Waals surface area contributed by atoms with Crippen LogP contribution in [-0.2, 0) is 9.53 Å². The highest BCUT2D eigenvalue weighted by Crippen LogP contribution is 2.21. The molecular formula is C12H24O2Si. The number of hydrogen-bond donors (Lipinski definition) is 0. The lowest BCUT2D eigenvalue weighted by Crippen LogP contribution is -2.27. The Labute approximate surface area is 94.7 Å². The maximum atomic E-state index is 11.0. The molecule has 0 aliphatic rings. The lowest BCUT2D eigenvalue weighted by Gasteiger charge is -2.23. The molecule has 0 saturated carbocycles. The summed E-state index contributed by atoms with van der Waals surface area (Å²) in [5.74, 6) is -0.214. The van der Waals surface area contributed by atoms with Crippen LogP contribution < -0.4 is 0 Å². The average molecular weight is 228 g/mol. The topological polar surface area (TPSA) is 26.3 Å². The number of allylic oxidation sites excluding steroid dienone is 1. The zero-order valence-electron chi connectivity index (χ0n) is 10.5. The number of ether oxygens (including phenoxy) is 1. The fourth-order valence-electron chi connectivity index (χ4n) is 1.46. The number of carbonyl (C=O) groups is 1. The van der Waals surface area contributed by atoms with Crippen LogP contribution in [0.15, 0.2) is 12.2 Å². The first-order chi connectivity index (χ1) is 7.08. The summed E-state index contributed by atoms with van der Waals surface area (Å²) < 4.78 is 5.06. The predicted octanol–water partition coefficient (Wildman–Crippen LogP) is 3.61. The third-order valence-electron chi connectivity index (χ3n) is 3.18. The number of esters is 1. The smallest absolute Gasteiger partial charge is 0.330 e. The van der Waals surface area contributed by atoms with Crippen molar-refractivity contribution in [2.45, 2.75) is 51.9 Å². The van der Waals surface area contributed by atoms with E-state index >= 15 is 0 Å². The van der Waals surface area contributed by atoms with Crippen LogP contribution >= 0.6 is 0 Å². The fraction of sp³-hybridized carbons (Fsp3) is 0.750. The molecule has 3 heteroatoms. The molecular weight excluding hydrogens is 204 g/mol. The molecule has 0 aliphatic carbocycles. The lowest BCUT2D eigenvalue weighted by molar-refractivity contribution is -0.137. The molecule has 0 aliphatic heterocycles. The first kappa shape index (κ1) is 14.4. The fourth-order valence-corrected chi connectivity index (χ4v) is 3.66. The molecule has 0 aromatic carbocycles. The van der Waals surface area contributed by atoms with E-state index < -0.39 is 8.07 Å². The van der Waals surface area contributed by atoms with Crippen molar-refractivity contribution in [1.82, 2.24) is 0 Å². The molecule has 0 aromatic heterocycles. The molecule has 0 amide bonds. The number of carbonyl (C=O) groups excluding carboxylic acids is 1. The summed E-state index contributed by atoms with van der Waals surface area (Å²) in [4.78, 5) is 11.0. The molecule has 0 bridgehead atoms. The Morgan fingerprint density at radius 2 is 1.93 bits per heavy atom. The highest BCUT2D eigenvalue weighted by atomic mass is 28.3. The Morgan fingerprint density at radius 1 is 1.33 bits per heavy atom. The summed E-state index contributed by atoms with van der Waals surface area (Å²) in [5.41, 5.74) is 0. The van der Waals surface area contributed by atoms with Crippen LogP contribution in [0.5, 0.6) is 0 Å². The van der Waals surface area contributed by atoms with E-state index in [-0.39, 0.29) is 5.97 Å². The summed E-state index contributed by atoms with van der Waals surface area (Å²) in [7, 11) is -0.997. The summed E-state index contributed by atoms with van der Waals surface area (Å²) in [6.45, 7) is 9.38. The summed E-state index contributed by atoms with van der Waals surface area (Å²) >= 11 is 0. The van der Waals surface area contributed by atoms with Crippen LogP contribution in [0.4, 0.5) is 0 Å². The van der Waals surface area contributed by atoms with Crippen molar-refractivity contribution >= 4 is 14.0 Å².